The predicted octanol–water partition coefficient (Wildman–Crippen LogP) is 2.47. The first-order valence-corrected chi connectivity index (χ1v) is 14.2. The molecule has 0 saturated carbocycles. The van der Waals surface area contributed by atoms with Crippen LogP contribution in [-0.2, 0) is 41.5 Å². The number of benzene rings is 2. The molecule has 0 heterocycles. The molecule has 2 rings (SSSR count). The fourth-order valence-electron chi connectivity index (χ4n) is 3.91. The van der Waals surface area contributed by atoms with Crippen molar-refractivity contribution in [2.75, 3.05) is 0 Å². The Hall–Kier alpha value is -2.94. The molecule has 0 radical (unpaired) electrons. The van der Waals surface area contributed by atoms with Crippen molar-refractivity contribution in [2.45, 2.75) is 97.7 Å². The number of allylic oxidation sites excluding steroid dienone is 1. The smallest absolute Gasteiger partial charge is 0.550 e. The third-order valence-electron chi connectivity index (χ3n) is 5.72. The Kier molecular flexibility index (Phi) is 18.7. The topological polar surface area (TPSA) is 130 Å². The van der Waals surface area contributed by atoms with Crippen LogP contribution >= 0.6 is 0 Å². The van der Waals surface area contributed by atoms with Gasteiger partial charge in [-0.1, -0.05) is 66.7 Å². The minimum Gasteiger partial charge on any atom is -0.550 e. The number of esters is 2. The number of hydrogen-bond acceptors (Lipinski definition) is 7. The zero-order valence-corrected chi connectivity index (χ0v) is 28.7. The van der Waals surface area contributed by atoms with Gasteiger partial charge in [-0.3, -0.25) is 9.59 Å². The minimum atomic E-state index is -1.19. The molecule has 0 aliphatic rings. The molecule has 230 valence electrons. The Morgan fingerprint density at radius 2 is 1.26 bits per heavy atom. The Morgan fingerprint density at radius 1 is 0.791 bits per heavy atom. The quantitative estimate of drug-likeness (QED) is 0.210. The van der Waals surface area contributed by atoms with E-state index in [0.717, 1.165) is 24.0 Å². The number of carboxylic acids is 2. The molecule has 0 aliphatic heterocycles. The van der Waals surface area contributed by atoms with E-state index in [1.54, 1.807) is 47.6 Å². The first-order valence-electron chi connectivity index (χ1n) is 14.2. The summed E-state index contributed by atoms with van der Waals surface area (Å²) in [5, 5.41) is 20.3. The number of aryl methyl sites for hydroxylation is 2. The molecule has 0 aliphatic carbocycles. The third-order valence-corrected chi connectivity index (χ3v) is 5.72. The average molecular weight is 605 g/mol. The zero-order chi connectivity index (χ0) is 31.8. The van der Waals surface area contributed by atoms with Crippen LogP contribution in [0.3, 0.4) is 0 Å². The van der Waals surface area contributed by atoms with Crippen LogP contribution in [0.2, 0.25) is 0 Å². The fourth-order valence-corrected chi connectivity index (χ4v) is 3.91. The van der Waals surface area contributed by atoms with E-state index in [1.807, 2.05) is 60.7 Å². The molecule has 8 nitrogen and oxygen atoms in total. The van der Waals surface area contributed by atoms with E-state index in [9.17, 15) is 24.3 Å². The summed E-state index contributed by atoms with van der Waals surface area (Å²) in [5.41, 5.74) is 1.17. The van der Waals surface area contributed by atoms with Crippen LogP contribution < -0.4 is 34.7 Å². The molecule has 1 atom stereocenters. The zero-order valence-electron chi connectivity index (χ0n) is 26.7. The summed E-state index contributed by atoms with van der Waals surface area (Å²) in [5.74, 6) is -4.06. The van der Waals surface area contributed by atoms with Gasteiger partial charge in [-0.2, -0.15) is 0 Å². The van der Waals surface area contributed by atoms with E-state index in [0.29, 0.717) is 19.3 Å². The number of aliphatic carboxylic acids is 2. The number of hydrogen-bond donors (Lipinski definition) is 1. The maximum atomic E-state index is 11.7. The van der Waals surface area contributed by atoms with Gasteiger partial charge in [-0.05, 0) is 84.8 Å². The Morgan fingerprint density at radius 3 is 1.70 bits per heavy atom. The maximum absolute atomic E-state index is 11.7. The van der Waals surface area contributed by atoms with Crippen LogP contribution in [0.1, 0.15) is 84.8 Å². The second kappa shape index (κ2) is 20.1. The van der Waals surface area contributed by atoms with Crippen LogP contribution in [0.25, 0.3) is 0 Å². The summed E-state index contributed by atoms with van der Waals surface area (Å²) in [6, 6.07) is 19.6. The Bertz CT molecular complexity index is 1160. The van der Waals surface area contributed by atoms with E-state index in [4.69, 9.17) is 14.6 Å². The molecule has 9 heteroatoms. The molecule has 0 spiro atoms. The van der Waals surface area contributed by atoms with E-state index in [1.165, 1.54) is 0 Å². The normalized spacial score (nSPS) is 12.1. The van der Waals surface area contributed by atoms with Gasteiger partial charge in [0, 0.05) is 17.5 Å². The summed E-state index contributed by atoms with van der Waals surface area (Å²) in [4.78, 5) is 45.7. The molecular weight excluding hydrogens is 559 g/mol. The average Bonchev–Trinajstić information content (AvgIpc) is 2.87. The number of carboxylic acid groups (broad SMARTS) is 2. The van der Waals surface area contributed by atoms with E-state index >= 15 is 0 Å². The van der Waals surface area contributed by atoms with Crippen LogP contribution in [0.5, 0.6) is 0 Å². The van der Waals surface area contributed by atoms with Crippen molar-refractivity contribution in [1.29, 1.82) is 0 Å². The van der Waals surface area contributed by atoms with Crippen molar-refractivity contribution in [3.05, 3.63) is 83.4 Å². The van der Waals surface area contributed by atoms with Crippen LogP contribution in [0.15, 0.2) is 72.3 Å². The third kappa shape index (κ3) is 20.6. The van der Waals surface area contributed by atoms with Gasteiger partial charge in [0.2, 0.25) is 0 Å². The van der Waals surface area contributed by atoms with Crippen molar-refractivity contribution >= 4 is 23.9 Å². The number of rotatable bonds is 13. The van der Waals surface area contributed by atoms with Gasteiger partial charge in [0.1, 0.15) is 11.2 Å². The van der Waals surface area contributed by atoms with Gasteiger partial charge in [0.05, 0.1) is 12.8 Å². The molecular formula is C34H45NaO8. The summed E-state index contributed by atoms with van der Waals surface area (Å²) >= 11 is 0. The maximum Gasteiger partial charge on any atom is 1.00 e. The van der Waals surface area contributed by atoms with Gasteiger partial charge < -0.3 is 24.5 Å². The van der Waals surface area contributed by atoms with Crippen molar-refractivity contribution in [1.82, 2.24) is 0 Å². The van der Waals surface area contributed by atoms with Crippen molar-refractivity contribution in [3.63, 3.8) is 0 Å². The second-order valence-electron chi connectivity index (χ2n) is 12.0. The summed E-state index contributed by atoms with van der Waals surface area (Å²) in [6.45, 7) is 10.5. The van der Waals surface area contributed by atoms with Gasteiger partial charge in [-0.25, -0.2) is 4.79 Å². The molecule has 0 bridgehead atoms. The van der Waals surface area contributed by atoms with Crippen LogP contribution in [0.4, 0.5) is 0 Å². The minimum absolute atomic E-state index is 0. The van der Waals surface area contributed by atoms with E-state index in [2.05, 4.69) is 0 Å². The summed E-state index contributed by atoms with van der Waals surface area (Å²) < 4.78 is 10.3. The van der Waals surface area contributed by atoms with Gasteiger partial charge in [0.15, 0.2) is 0 Å². The number of carbonyl (C=O) groups excluding carboxylic acids is 3. The summed E-state index contributed by atoms with van der Waals surface area (Å²) in [6.07, 6.45) is 4.48. The number of ether oxygens (including phenoxy) is 2. The number of carbonyl (C=O) groups is 4. The standard InChI is InChI=1S/C17H24O4.C17H22O4.Na/c2*1-17(2,3)21-15(18)12-14(16(19)20)11-7-10-13-8-5-4-6-9-13;/h4-6,8-9,14H,7,10-12H2,1-3H3,(H,19,20);4-6,8-9,11H,7,10,12H2,1-3H3,(H,19,20);/q;;+1/p-1/b;14-11+;/t14-;;/m1../s1. The molecule has 2 aromatic rings. The molecule has 2 aromatic carbocycles. The van der Waals surface area contributed by atoms with Crippen molar-refractivity contribution in [2.24, 2.45) is 5.92 Å². The monoisotopic (exact) mass is 604 g/mol. The molecule has 0 unspecified atom stereocenters. The van der Waals surface area contributed by atoms with Gasteiger partial charge in [0.25, 0.3) is 0 Å². The molecule has 1 N–H and O–H groups in total. The largest absolute Gasteiger partial charge is 1.00 e. The summed E-state index contributed by atoms with van der Waals surface area (Å²) in [7, 11) is 0. The molecule has 0 saturated heterocycles. The van der Waals surface area contributed by atoms with Crippen LogP contribution in [0, 0.1) is 5.92 Å². The van der Waals surface area contributed by atoms with Gasteiger partial charge in [-0.15, -0.1) is 0 Å². The van der Waals surface area contributed by atoms with Gasteiger partial charge >= 0.3 is 47.5 Å². The molecule has 43 heavy (non-hydrogen) atoms. The Balaban J connectivity index is 0.000000802. The van der Waals surface area contributed by atoms with Crippen LogP contribution in [-0.4, -0.2) is 40.2 Å². The second-order valence-corrected chi connectivity index (χ2v) is 12.0. The molecule has 0 fully saturated rings. The van der Waals surface area contributed by atoms with E-state index in [-0.39, 0.29) is 48.0 Å². The fraction of sp³-hybridized carbons (Fsp3) is 0.471. The molecule has 0 amide bonds. The first kappa shape index (κ1) is 40.1. The molecule has 0 aromatic heterocycles. The van der Waals surface area contributed by atoms with E-state index < -0.39 is 41.0 Å². The predicted molar refractivity (Wildman–Crippen MR) is 159 cm³/mol. The van der Waals surface area contributed by atoms with Crippen molar-refractivity contribution in [3.8, 4) is 0 Å². The first-order chi connectivity index (χ1) is 19.6. The Labute approximate surface area is 278 Å². The van der Waals surface area contributed by atoms with Crippen molar-refractivity contribution < 1.29 is 68.4 Å². The SMILES string of the molecule is CC(C)(C)OC(=O)C/C(=C\CCc1ccccc1)C(=O)O.CC(C)(C)OC(=O)C[C@@H](CCCc1ccccc1)C(=O)[O-].[Na+].